The third-order valence-electron chi connectivity index (χ3n) is 3.92. The number of benzene rings is 1. The first-order valence-corrected chi connectivity index (χ1v) is 9.78. The Morgan fingerprint density at radius 1 is 1.43 bits per heavy atom. The van der Waals surface area contributed by atoms with Gasteiger partial charge in [-0.2, -0.15) is 0 Å². The van der Waals surface area contributed by atoms with Crippen molar-refractivity contribution in [3.63, 3.8) is 0 Å². The van der Waals surface area contributed by atoms with E-state index in [1.54, 1.807) is 0 Å². The van der Waals surface area contributed by atoms with Crippen LogP contribution < -0.4 is 0 Å². The molecule has 0 N–H and O–H groups in total. The van der Waals surface area contributed by atoms with Gasteiger partial charge < -0.3 is 9.47 Å². The summed E-state index contributed by atoms with van der Waals surface area (Å²) in [5, 5.41) is 0.757. The Morgan fingerprint density at radius 3 is 2.87 bits per heavy atom. The topological polar surface area (TPSA) is 35.5 Å². The normalized spacial score (nSPS) is 21.5. The Kier molecular flexibility index (Phi) is 5.83. The molecule has 1 heterocycles. The lowest BCUT2D eigenvalue weighted by Crippen LogP contribution is -2.09. The van der Waals surface area contributed by atoms with Crippen molar-refractivity contribution >= 4 is 39.2 Å². The number of hydrogen-bond acceptors (Lipinski definition) is 4. The number of ether oxygens (including phenoxy) is 2. The Morgan fingerprint density at radius 2 is 2.26 bits per heavy atom. The lowest BCUT2D eigenvalue weighted by atomic mass is 9.99. The van der Waals surface area contributed by atoms with E-state index in [0.29, 0.717) is 18.8 Å². The average molecular weight is 397 g/mol. The molecule has 3 nitrogen and oxygen atoms in total. The molecule has 2 aliphatic rings. The minimum absolute atomic E-state index is 0.256. The van der Waals surface area contributed by atoms with Gasteiger partial charge in [0.05, 0.1) is 18.8 Å². The second-order valence-corrected chi connectivity index (χ2v) is 8.08. The zero-order valence-corrected chi connectivity index (χ0v) is 15.6. The Balaban J connectivity index is 1.85. The van der Waals surface area contributed by atoms with E-state index >= 15 is 0 Å². The van der Waals surface area contributed by atoms with Crippen molar-refractivity contribution in [3.8, 4) is 0 Å². The van der Waals surface area contributed by atoms with Crippen LogP contribution in [-0.4, -0.2) is 31.0 Å². The van der Waals surface area contributed by atoms with Gasteiger partial charge in [0.25, 0.3) is 0 Å². The van der Waals surface area contributed by atoms with Crippen LogP contribution in [0.4, 0.5) is 0 Å². The summed E-state index contributed by atoms with van der Waals surface area (Å²) < 4.78 is 11.7. The van der Waals surface area contributed by atoms with Crippen molar-refractivity contribution in [2.24, 2.45) is 5.92 Å². The summed E-state index contributed by atoms with van der Waals surface area (Å²) in [7, 11) is 0. The molecule has 0 spiro atoms. The fourth-order valence-electron chi connectivity index (χ4n) is 2.54. The zero-order valence-electron chi connectivity index (χ0n) is 13.2. The first-order chi connectivity index (χ1) is 11.2. The molecule has 0 bridgehead atoms. The number of rotatable bonds is 6. The summed E-state index contributed by atoms with van der Waals surface area (Å²) in [5.74, 6) is 0.0302. The van der Waals surface area contributed by atoms with Gasteiger partial charge in [-0.25, -0.2) is 4.79 Å². The van der Waals surface area contributed by atoms with Crippen molar-refractivity contribution < 1.29 is 14.3 Å². The predicted octanol–water partition coefficient (Wildman–Crippen LogP) is 4.69. The van der Waals surface area contributed by atoms with Gasteiger partial charge in [0, 0.05) is 27.1 Å². The molecule has 0 radical (unpaired) electrons. The van der Waals surface area contributed by atoms with Gasteiger partial charge in [0.1, 0.15) is 0 Å². The maximum atomic E-state index is 12.4. The van der Waals surface area contributed by atoms with E-state index in [-0.39, 0.29) is 11.9 Å². The first kappa shape index (κ1) is 17.1. The largest absolute Gasteiger partial charge is 0.462 e. The molecule has 3 rings (SSSR count). The standard InChI is InChI=1S/C18H21BrO3S/c1-2-22-18(20)15(9-12-7-8-21-11-12)13-3-6-17(16(19)10-13)23-14-4-5-14/h3,6,9-10,12,14H,2,4-5,7-8,11H2,1H3. The number of halogens is 1. The van der Waals surface area contributed by atoms with Crippen LogP contribution in [-0.2, 0) is 14.3 Å². The van der Waals surface area contributed by atoms with Crippen LogP contribution in [0.2, 0.25) is 0 Å². The number of esters is 1. The Labute approximate surface area is 149 Å². The van der Waals surface area contributed by atoms with Crippen molar-refractivity contribution in [2.75, 3.05) is 19.8 Å². The second kappa shape index (κ2) is 7.86. The molecular weight excluding hydrogens is 376 g/mol. The molecule has 124 valence electrons. The zero-order chi connectivity index (χ0) is 16.2. The van der Waals surface area contributed by atoms with Crippen LogP contribution in [0.15, 0.2) is 33.6 Å². The van der Waals surface area contributed by atoms with E-state index < -0.39 is 0 Å². The van der Waals surface area contributed by atoms with Gasteiger partial charge in [0.2, 0.25) is 0 Å². The molecule has 1 saturated heterocycles. The third kappa shape index (κ3) is 4.61. The molecule has 2 fully saturated rings. The molecule has 0 amide bonds. The number of carbonyl (C=O) groups excluding carboxylic acids is 1. The van der Waals surface area contributed by atoms with E-state index in [9.17, 15) is 4.79 Å². The quantitative estimate of drug-likeness (QED) is 0.516. The lowest BCUT2D eigenvalue weighted by Gasteiger charge is -2.12. The fraction of sp³-hybridized carbons (Fsp3) is 0.500. The highest BCUT2D eigenvalue weighted by atomic mass is 79.9. The molecule has 1 unspecified atom stereocenters. The summed E-state index contributed by atoms with van der Waals surface area (Å²) in [6.07, 6.45) is 5.57. The highest BCUT2D eigenvalue weighted by Gasteiger charge is 2.24. The van der Waals surface area contributed by atoms with Crippen LogP contribution in [0.3, 0.4) is 0 Å². The van der Waals surface area contributed by atoms with E-state index in [0.717, 1.165) is 28.3 Å². The highest BCUT2D eigenvalue weighted by Crippen LogP contribution is 2.42. The molecule has 1 aromatic carbocycles. The lowest BCUT2D eigenvalue weighted by molar-refractivity contribution is -0.136. The van der Waals surface area contributed by atoms with Crippen molar-refractivity contribution in [2.45, 2.75) is 36.3 Å². The van der Waals surface area contributed by atoms with Crippen LogP contribution in [0.1, 0.15) is 31.7 Å². The minimum Gasteiger partial charge on any atom is -0.462 e. The average Bonchev–Trinajstić information content (AvgIpc) is 3.20. The van der Waals surface area contributed by atoms with E-state index in [2.05, 4.69) is 22.0 Å². The Hall–Kier alpha value is -0.780. The predicted molar refractivity (Wildman–Crippen MR) is 96.6 cm³/mol. The molecular formula is C18H21BrO3S. The van der Waals surface area contributed by atoms with Gasteiger partial charge in [-0.1, -0.05) is 12.1 Å². The van der Waals surface area contributed by atoms with E-state index in [1.165, 1.54) is 17.7 Å². The van der Waals surface area contributed by atoms with Crippen molar-refractivity contribution in [1.29, 1.82) is 0 Å². The maximum absolute atomic E-state index is 12.4. The van der Waals surface area contributed by atoms with E-state index in [1.807, 2.05) is 36.9 Å². The van der Waals surface area contributed by atoms with Crippen molar-refractivity contribution in [3.05, 3.63) is 34.3 Å². The van der Waals surface area contributed by atoms with Gasteiger partial charge in [0.15, 0.2) is 0 Å². The van der Waals surface area contributed by atoms with Gasteiger partial charge >= 0.3 is 5.97 Å². The summed E-state index contributed by atoms with van der Waals surface area (Å²) in [6, 6.07) is 6.15. The molecule has 1 saturated carbocycles. The van der Waals surface area contributed by atoms with Gasteiger partial charge in [-0.15, -0.1) is 11.8 Å². The molecule has 5 heteroatoms. The second-order valence-electron chi connectivity index (χ2n) is 5.89. The fourth-order valence-corrected chi connectivity index (χ4v) is 4.25. The van der Waals surface area contributed by atoms with Crippen LogP contribution in [0.25, 0.3) is 5.57 Å². The van der Waals surface area contributed by atoms with Gasteiger partial charge in [-0.3, -0.25) is 0 Å². The SMILES string of the molecule is CCOC(=O)C(=CC1CCOC1)c1ccc(SC2CC2)c(Br)c1. The molecule has 23 heavy (non-hydrogen) atoms. The monoisotopic (exact) mass is 396 g/mol. The molecule has 0 aromatic heterocycles. The summed E-state index contributed by atoms with van der Waals surface area (Å²) in [4.78, 5) is 13.6. The maximum Gasteiger partial charge on any atom is 0.338 e. The summed E-state index contributed by atoms with van der Waals surface area (Å²) in [6.45, 7) is 3.66. The minimum atomic E-state index is -0.256. The molecule has 1 aromatic rings. The van der Waals surface area contributed by atoms with Crippen molar-refractivity contribution in [1.82, 2.24) is 0 Å². The summed E-state index contributed by atoms with van der Waals surface area (Å²) >= 11 is 5.55. The summed E-state index contributed by atoms with van der Waals surface area (Å²) in [5.41, 5.74) is 1.55. The smallest absolute Gasteiger partial charge is 0.338 e. The third-order valence-corrected chi connectivity index (χ3v) is 6.26. The Bertz CT molecular complexity index is 604. The highest BCUT2D eigenvalue weighted by molar-refractivity contribution is 9.10. The number of thioether (sulfide) groups is 1. The van der Waals surface area contributed by atoms with Crippen LogP contribution in [0.5, 0.6) is 0 Å². The van der Waals surface area contributed by atoms with Crippen LogP contribution in [0, 0.1) is 5.92 Å². The van der Waals surface area contributed by atoms with Crippen LogP contribution >= 0.6 is 27.7 Å². The number of hydrogen-bond donors (Lipinski definition) is 0. The number of carbonyl (C=O) groups is 1. The van der Waals surface area contributed by atoms with E-state index in [4.69, 9.17) is 9.47 Å². The van der Waals surface area contributed by atoms with Gasteiger partial charge in [-0.05, 0) is 59.8 Å². The molecule has 1 atom stereocenters. The molecule has 1 aliphatic heterocycles. The first-order valence-electron chi connectivity index (χ1n) is 8.10. The molecule has 1 aliphatic carbocycles.